The molecule has 5 heteroatoms. The second kappa shape index (κ2) is 4.41. The lowest BCUT2D eigenvalue weighted by Gasteiger charge is -2.04. The number of hydrogen-bond donors (Lipinski definition) is 1. The highest BCUT2D eigenvalue weighted by Gasteiger charge is 2.00. The maximum Gasteiger partial charge on any atom is 0.213 e. The predicted octanol–water partition coefficient (Wildman–Crippen LogP) is 2.29. The maximum atomic E-state index is 5.10. The standard InChI is InChI=1S/C9H8IN3O/c10-7-1-2-11-5-8(7)13-6-9-12-3-4-14-9/h1-5,13H,6H2. The quantitative estimate of drug-likeness (QED) is 0.884. The molecule has 0 spiro atoms. The van der Waals surface area contributed by atoms with E-state index in [1.165, 1.54) is 0 Å². The molecule has 0 aromatic carbocycles. The third-order valence-electron chi connectivity index (χ3n) is 1.68. The molecule has 0 fully saturated rings. The van der Waals surface area contributed by atoms with Gasteiger partial charge < -0.3 is 9.73 Å². The molecule has 2 rings (SSSR count). The Morgan fingerprint density at radius 3 is 3.07 bits per heavy atom. The highest BCUT2D eigenvalue weighted by Crippen LogP contribution is 2.15. The number of nitrogens with zero attached hydrogens (tertiary/aromatic N) is 2. The lowest BCUT2D eigenvalue weighted by molar-refractivity contribution is 0.504. The van der Waals surface area contributed by atoms with Crippen LogP contribution in [0.25, 0.3) is 0 Å². The normalized spacial score (nSPS) is 10.1. The molecule has 0 amide bonds. The Hall–Kier alpha value is -1.11. The van der Waals surface area contributed by atoms with E-state index in [0.29, 0.717) is 12.4 Å². The first-order chi connectivity index (χ1) is 6.86. The zero-order chi connectivity index (χ0) is 9.80. The van der Waals surface area contributed by atoms with Gasteiger partial charge in [0.25, 0.3) is 0 Å². The van der Waals surface area contributed by atoms with Crippen LogP contribution in [0.4, 0.5) is 5.69 Å². The lowest BCUT2D eigenvalue weighted by atomic mass is 10.4. The fourth-order valence-electron chi connectivity index (χ4n) is 1.02. The molecule has 0 saturated carbocycles. The van der Waals surface area contributed by atoms with Gasteiger partial charge in [-0.25, -0.2) is 4.98 Å². The molecule has 2 aromatic rings. The Kier molecular flexibility index (Phi) is 2.97. The van der Waals surface area contributed by atoms with Crippen molar-refractivity contribution in [3.8, 4) is 0 Å². The number of rotatable bonds is 3. The van der Waals surface area contributed by atoms with E-state index in [0.717, 1.165) is 9.26 Å². The Morgan fingerprint density at radius 1 is 1.43 bits per heavy atom. The smallest absolute Gasteiger partial charge is 0.213 e. The van der Waals surface area contributed by atoms with E-state index in [2.05, 4.69) is 37.9 Å². The lowest BCUT2D eigenvalue weighted by Crippen LogP contribution is -2.01. The monoisotopic (exact) mass is 301 g/mol. The molecular weight excluding hydrogens is 293 g/mol. The molecule has 72 valence electrons. The minimum absolute atomic E-state index is 0.578. The molecule has 0 aliphatic carbocycles. The van der Waals surface area contributed by atoms with E-state index < -0.39 is 0 Å². The number of hydrogen-bond acceptors (Lipinski definition) is 4. The van der Waals surface area contributed by atoms with Gasteiger partial charge in [-0.15, -0.1) is 0 Å². The number of aromatic nitrogens is 2. The van der Waals surface area contributed by atoms with Crippen LogP contribution in [0.3, 0.4) is 0 Å². The first-order valence-electron chi connectivity index (χ1n) is 4.08. The van der Waals surface area contributed by atoms with Crippen LogP contribution in [-0.4, -0.2) is 9.97 Å². The van der Waals surface area contributed by atoms with Crippen LogP contribution in [0.5, 0.6) is 0 Å². The van der Waals surface area contributed by atoms with Crippen molar-refractivity contribution in [2.75, 3.05) is 5.32 Å². The topological polar surface area (TPSA) is 51.0 Å². The van der Waals surface area contributed by atoms with Crippen molar-refractivity contribution in [2.45, 2.75) is 6.54 Å². The number of nitrogens with one attached hydrogen (secondary N) is 1. The highest BCUT2D eigenvalue weighted by molar-refractivity contribution is 14.1. The predicted molar refractivity (Wildman–Crippen MR) is 60.8 cm³/mol. The van der Waals surface area contributed by atoms with Crippen LogP contribution in [-0.2, 0) is 6.54 Å². The minimum atomic E-state index is 0.578. The van der Waals surface area contributed by atoms with Crippen molar-refractivity contribution >= 4 is 28.3 Å². The van der Waals surface area contributed by atoms with Gasteiger partial charge in [-0.05, 0) is 28.7 Å². The summed E-state index contributed by atoms with van der Waals surface area (Å²) in [5, 5.41) is 3.19. The van der Waals surface area contributed by atoms with Gasteiger partial charge in [0.1, 0.15) is 6.26 Å². The summed E-state index contributed by atoms with van der Waals surface area (Å²) in [5.74, 6) is 0.671. The summed E-state index contributed by atoms with van der Waals surface area (Å²) in [5.41, 5.74) is 0.992. The van der Waals surface area contributed by atoms with Crippen molar-refractivity contribution in [2.24, 2.45) is 0 Å². The number of oxazole rings is 1. The molecule has 0 unspecified atom stereocenters. The zero-order valence-electron chi connectivity index (χ0n) is 7.27. The third-order valence-corrected chi connectivity index (χ3v) is 2.62. The van der Waals surface area contributed by atoms with Crippen LogP contribution in [0.2, 0.25) is 0 Å². The van der Waals surface area contributed by atoms with Crippen LogP contribution in [0.1, 0.15) is 5.89 Å². The average Bonchev–Trinajstić information content (AvgIpc) is 2.69. The van der Waals surface area contributed by atoms with Gasteiger partial charge in [0, 0.05) is 9.77 Å². The van der Waals surface area contributed by atoms with Crippen LogP contribution < -0.4 is 5.32 Å². The molecule has 0 radical (unpaired) electrons. The number of anilines is 1. The Bertz CT molecular complexity index is 402. The van der Waals surface area contributed by atoms with E-state index in [4.69, 9.17) is 4.42 Å². The van der Waals surface area contributed by atoms with Crippen molar-refractivity contribution in [3.05, 3.63) is 40.4 Å². The van der Waals surface area contributed by atoms with E-state index in [1.807, 2.05) is 6.07 Å². The van der Waals surface area contributed by atoms with Crippen LogP contribution in [0.15, 0.2) is 35.3 Å². The summed E-state index contributed by atoms with van der Waals surface area (Å²) in [7, 11) is 0. The second-order valence-electron chi connectivity index (χ2n) is 2.63. The first-order valence-corrected chi connectivity index (χ1v) is 5.16. The van der Waals surface area contributed by atoms with Crippen LogP contribution in [0, 0.1) is 3.57 Å². The first kappa shape index (κ1) is 9.45. The largest absolute Gasteiger partial charge is 0.447 e. The molecule has 14 heavy (non-hydrogen) atoms. The molecular formula is C9H8IN3O. The van der Waals surface area contributed by atoms with Gasteiger partial charge in [0.15, 0.2) is 0 Å². The Balaban J connectivity index is 2.02. The summed E-state index contributed by atoms with van der Waals surface area (Å²) in [6.45, 7) is 0.578. The minimum Gasteiger partial charge on any atom is -0.447 e. The molecule has 0 aliphatic heterocycles. The molecule has 0 bridgehead atoms. The molecule has 0 saturated heterocycles. The Morgan fingerprint density at radius 2 is 2.36 bits per heavy atom. The van der Waals surface area contributed by atoms with E-state index in [9.17, 15) is 0 Å². The molecule has 2 aromatic heterocycles. The average molecular weight is 301 g/mol. The highest BCUT2D eigenvalue weighted by atomic mass is 127. The summed E-state index contributed by atoms with van der Waals surface area (Å²) in [6.07, 6.45) is 6.74. The van der Waals surface area contributed by atoms with E-state index in [1.54, 1.807) is 24.9 Å². The van der Waals surface area contributed by atoms with Crippen molar-refractivity contribution < 1.29 is 4.42 Å². The van der Waals surface area contributed by atoms with Crippen molar-refractivity contribution in [1.29, 1.82) is 0 Å². The SMILES string of the molecule is Ic1ccncc1NCc1ncco1. The van der Waals surface area contributed by atoms with E-state index in [-0.39, 0.29) is 0 Å². The van der Waals surface area contributed by atoms with Crippen molar-refractivity contribution in [1.82, 2.24) is 9.97 Å². The maximum absolute atomic E-state index is 5.10. The number of pyridine rings is 1. The van der Waals surface area contributed by atoms with Crippen molar-refractivity contribution in [3.63, 3.8) is 0 Å². The van der Waals surface area contributed by atoms with Gasteiger partial charge in [-0.1, -0.05) is 0 Å². The van der Waals surface area contributed by atoms with Gasteiger partial charge in [0.2, 0.25) is 5.89 Å². The number of halogens is 1. The second-order valence-corrected chi connectivity index (χ2v) is 3.80. The third kappa shape index (κ3) is 2.22. The fraction of sp³-hybridized carbons (Fsp3) is 0.111. The fourth-order valence-corrected chi connectivity index (χ4v) is 1.51. The summed E-state index contributed by atoms with van der Waals surface area (Å²) < 4.78 is 6.23. The van der Waals surface area contributed by atoms with E-state index >= 15 is 0 Å². The summed E-state index contributed by atoms with van der Waals surface area (Å²) in [4.78, 5) is 8.04. The molecule has 0 aliphatic rings. The van der Waals surface area contributed by atoms with Gasteiger partial charge in [-0.3, -0.25) is 4.98 Å². The molecule has 0 atom stereocenters. The zero-order valence-corrected chi connectivity index (χ0v) is 9.43. The van der Waals surface area contributed by atoms with Gasteiger partial charge in [0.05, 0.1) is 24.6 Å². The van der Waals surface area contributed by atoms with Gasteiger partial charge in [-0.2, -0.15) is 0 Å². The summed E-state index contributed by atoms with van der Waals surface area (Å²) in [6, 6.07) is 1.94. The Labute approximate surface area is 94.9 Å². The molecule has 2 heterocycles. The molecule has 1 N–H and O–H groups in total. The van der Waals surface area contributed by atoms with Crippen LogP contribution >= 0.6 is 22.6 Å². The molecule has 4 nitrogen and oxygen atoms in total. The summed E-state index contributed by atoms with van der Waals surface area (Å²) >= 11 is 2.25. The van der Waals surface area contributed by atoms with Gasteiger partial charge >= 0.3 is 0 Å².